The van der Waals surface area contributed by atoms with Crippen molar-refractivity contribution in [2.45, 2.75) is 36.0 Å². The van der Waals surface area contributed by atoms with Gasteiger partial charge in [0.05, 0.1) is 11.3 Å². The highest BCUT2D eigenvalue weighted by Crippen LogP contribution is 2.46. The minimum absolute atomic E-state index is 0.116. The molecule has 1 aromatic carbocycles. The first-order chi connectivity index (χ1) is 8.33. The van der Waals surface area contributed by atoms with E-state index in [1.807, 2.05) is 0 Å². The Kier molecular flexibility index (Phi) is 3.19. The summed E-state index contributed by atoms with van der Waals surface area (Å²) in [4.78, 5) is 11.2. The summed E-state index contributed by atoms with van der Waals surface area (Å²) in [5.74, 6) is -0.804. The van der Waals surface area contributed by atoms with Crippen LogP contribution in [0.15, 0.2) is 29.2 Å². The number of carboxylic acids is 1. The standard InChI is InChI=1S/C13H16O4S/c1-18(16,17)11-5-3-10(4-6-11)13(7-2-8-13)9-12(14)15/h3-6H,2,7-9H2,1H3,(H,14,15). The normalized spacial score (nSPS) is 18.1. The molecule has 0 amide bonds. The van der Waals surface area contributed by atoms with E-state index in [1.165, 1.54) is 6.26 Å². The van der Waals surface area contributed by atoms with E-state index in [0.717, 1.165) is 24.8 Å². The molecule has 0 unspecified atom stereocenters. The Hall–Kier alpha value is -1.36. The van der Waals surface area contributed by atoms with Crippen molar-refractivity contribution in [2.75, 3.05) is 6.26 Å². The molecule has 0 aliphatic heterocycles. The SMILES string of the molecule is CS(=O)(=O)c1ccc(C2(CC(=O)O)CCC2)cc1. The van der Waals surface area contributed by atoms with Crippen molar-refractivity contribution < 1.29 is 18.3 Å². The highest BCUT2D eigenvalue weighted by Gasteiger charge is 2.40. The summed E-state index contributed by atoms with van der Waals surface area (Å²) in [6.07, 6.45) is 4.03. The number of carboxylic acid groups (broad SMARTS) is 1. The van der Waals surface area contributed by atoms with Crippen LogP contribution in [0.1, 0.15) is 31.2 Å². The third-order valence-corrected chi connectivity index (χ3v) is 4.82. The molecule has 5 heteroatoms. The number of hydrogen-bond donors (Lipinski definition) is 1. The maximum absolute atomic E-state index is 11.4. The highest BCUT2D eigenvalue weighted by molar-refractivity contribution is 7.90. The summed E-state index contributed by atoms with van der Waals surface area (Å²) in [5, 5.41) is 8.96. The first-order valence-electron chi connectivity index (χ1n) is 5.86. The summed E-state index contributed by atoms with van der Waals surface area (Å²) in [6, 6.07) is 6.62. The topological polar surface area (TPSA) is 71.4 Å². The largest absolute Gasteiger partial charge is 0.481 e. The van der Waals surface area contributed by atoms with E-state index >= 15 is 0 Å². The zero-order valence-corrected chi connectivity index (χ0v) is 11.0. The van der Waals surface area contributed by atoms with Crippen LogP contribution < -0.4 is 0 Å². The van der Waals surface area contributed by atoms with Gasteiger partial charge in [-0.3, -0.25) is 4.79 Å². The predicted octanol–water partition coefficient (Wildman–Crippen LogP) is 1.99. The van der Waals surface area contributed by atoms with E-state index in [-0.39, 0.29) is 16.7 Å². The summed E-state index contributed by atoms with van der Waals surface area (Å²) >= 11 is 0. The van der Waals surface area contributed by atoms with Crippen molar-refractivity contribution in [1.82, 2.24) is 0 Å². The van der Waals surface area contributed by atoms with Crippen LogP contribution in [0.5, 0.6) is 0 Å². The lowest BCUT2D eigenvalue weighted by molar-refractivity contribution is -0.139. The first-order valence-corrected chi connectivity index (χ1v) is 7.75. The second kappa shape index (κ2) is 4.39. The summed E-state index contributed by atoms with van der Waals surface area (Å²) in [7, 11) is -3.19. The Bertz CT molecular complexity index is 553. The number of hydrogen-bond acceptors (Lipinski definition) is 3. The molecule has 1 fully saturated rings. The Balaban J connectivity index is 2.31. The summed E-state index contributed by atoms with van der Waals surface area (Å²) in [5.41, 5.74) is 0.644. The first kappa shape index (κ1) is 13.1. The van der Waals surface area contributed by atoms with Gasteiger partial charge in [0.2, 0.25) is 0 Å². The number of sulfone groups is 1. The lowest BCUT2D eigenvalue weighted by Crippen LogP contribution is -2.36. The monoisotopic (exact) mass is 268 g/mol. The van der Waals surface area contributed by atoms with Crippen LogP contribution in [0.4, 0.5) is 0 Å². The maximum Gasteiger partial charge on any atom is 0.304 e. The third kappa shape index (κ3) is 2.41. The van der Waals surface area contributed by atoms with Crippen molar-refractivity contribution in [2.24, 2.45) is 0 Å². The molecule has 18 heavy (non-hydrogen) atoms. The van der Waals surface area contributed by atoms with Crippen molar-refractivity contribution in [1.29, 1.82) is 0 Å². The Morgan fingerprint density at radius 1 is 1.28 bits per heavy atom. The number of rotatable bonds is 4. The van der Waals surface area contributed by atoms with Gasteiger partial charge in [-0.05, 0) is 30.5 Å². The quantitative estimate of drug-likeness (QED) is 0.906. The molecule has 0 aromatic heterocycles. The van der Waals surface area contributed by atoms with Gasteiger partial charge in [-0.2, -0.15) is 0 Å². The minimum atomic E-state index is -3.19. The van der Waals surface area contributed by atoms with E-state index in [4.69, 9.17) is 5.11 Å². The number of aliphatic carboxylic acids is 1. The molecule has 1 saturated carbocycles. The van der Waals surface area contributed by atoms with E-state index in [1.54, 1.807) is 24.3 Å². The molecule has 98 valence electrons. The lowest BCUT2D eigenvalue weighted by Gasteiger charge is -2.41. The van der Waals surface area contributed by atoms with Gasteiger partial charge < -0.3 is 5.11 Å². The van der Waals surface area contributed by atoms with Crippen LogP contribution in [0.3, 0.4) is 0 Å². The van der Waals surface area contributed by atoms with Crippen LogP contribution in [0, 0.1) is 0 Å². The molecule has 1 aliphatic carbocycles. The van der Waals surface area contributed by atoms with Crippen LogP contribution in [0.25, 0.3) is 0 Å². The predicted molar refractivity (Wildman–Crippen MR) is 67.3 cm³/mol. The van der Waals surface area contributed by atoms with Gasteiger partial charge in [0.15, 0.2) is 9.84 Å². The zero-order valence-electron chi connectivity index (χ0n) is 10.2. The molecule has 4 nitrogen and oxygen atoms in total. The fourth-order valence-corrected chi connectivity index (χ4v) is 3.15. The molecular formula is C13H16O4S. The number of carbonyl (C=O) groups is 1. The lowest BCUT2D eigenvalue weighted by atomic mass is 9.62. The Labute approximate surface area is 107 Å². The zero-order chi connectivity index (χ0) is 13.4. The molecule has 0 spiro atoms. The van der Waals surface area contributed by atoms with Gasteiger partial charge >= 0.3 is 5.97 Å². The fraction of sp³-hybridized carbons (Fsp3) is 0.462. The van der Waals surface area contributed by atoms with Gasteiger partial charge in [-0.1, -0.05) is 18.6 Å². The van der Waals surface area contributed by atoms with Gasteiger partial charge in [0.25, 0.3) is 0 Å². The van der Waals surface area contributed by atoms with Crippen LogP contribution in [-0.4, -0.2) is 25.7 Å². The van der Waals surface area contributed by atoms with Gasteiger partial charge in [0, 0.05) is 11.7 Å². The maximum atomic E-state index is 11.4. The molecule has 1 N–H and O–H groups in total. The average Bonchev–Trinajstić information content (AvgIpc) is 2.22. The Morgan fingerprint density at radius 3 is 2.17 bits per heavy atom. The average molecular weight is 268 g/mol. The molecule has 1 aliphatic rings. The van der Waals surface area contributed by atoms with Gasteiger partial charge in [-0.25, -0.2) is 8.42 Å². The molecule has 0 heterocycles. The second-order valence-corrected chi connectivity index (χ2v) is 7.02. The third-order valence-electron chi connectivity index (χ3n) is 3.70. The molecule has 0 bridgehead atoms. The molecule has 0 radical (unpaired) electrons. The van der Waals surface area contributed by atoms with Crippen molar-refractivity contribution in [3.05, 3.63) is 29.8 Å². The second-order valence-electron chi connectivity index (χ2n) is 5.00. The van der Waals surface area contributed by atoms with Crippen molar-refractivity contribution >= 4 is 15.8 Å². The fourth-order valence-electron chi connectivity index (χ4n) is 2.52. The number of benzene rings is 1. The van der Waals surface area contributed by atoms with Gasteiger partial charge in [-0.15, -0.1) is 0 Å². The van der Waals surface area contributed by atoms with Crippen molar-refractivity contribution in [3.63, 3.8) is 0 Å². The smallest absolute Gasteiger partial charge is 0.304 e. The molecule has 0 saturated heterocycles. The van der Waals surface area contributed by atoms with Crippen LogP contribution in [0.2, 0.25) is 0 Å². The van der Waals surface area contributed by atoms with E-state index < -0.39 is 15.8 Å². The van der Waals surface area contributed by atoms with E-state index in [9.17, 15) is 13.2 Å². The van der Waals surface area contributed by atoms with Gasteiger partial charge in [0.1, 0.15) is 0 Å². The molecular weight excluding hydrogens is 252 g/mol. The molecule has 1 aromatic rings. The van der Waals surface area contributed by atoms with Crippen LogP contribution in [-0.2, 0) is 20.0 Å². The summed E-state index contributed by atoms with van der Waals surface area (Å²) < 4.78 is 22.7. The molecule has 2 rings (SSSR count). The minimum Gasteiger partial charge on any atom is -0.481 e. The van der Waals surface area contributed by atoms with E-state index in [2.05, 4.69) is 0 Å². The molecule has 0 atom stereocenters. The highest BCUT2D eigenvalue weighted by atomic mass is 32.2. The van der Waals surface area contributed by atoms with Crippen molar-refractivity contribution in [3.8, 4) is 0 Å². The Morgan fingerprint density at radius 2 is 1.83 bits per heavy atom. The van der Waals surface area contributed by atoms with Crippen LogP contribution >= 0.6 is 0 Å². The summed E-state index contributed by atoms with van der Waals surface area (Å²) in [6.45, 7) is 0. The van der Waals surface area contributed by atoms with E-state index in [0.29, 0.717) is 0 Å².